The zero-order valence-electron chi connectivity index (χ0n) is 15.6. The number of hydrogen-bond donors (Lipinski definition) is 2. The molecule has 2 fully saturated rings. The van der Waals surface area contributed by atoms with Crippen LogP contribution in [0.4, 0.5) is 14.6 Å². The number of nitrogens with zero attached hydrogens (tertiary/aromatic N) is 2. The van der Waals surface area contributed by atoms with E-state index in [1.54, 1.807) is 30.3 Å². The molecule has 1 aliphatic carbocycles. The Morgan fingerprint density at radius 2 is 2.10 bits per heavy atom. The lowest BCUT2D eigenvalue weighted by atomic mass is 10.0. The lowest BCUT2D eigenvalue weighted by Crippen LogP contribution is -2.44. The molecule has 0 spiro atoms. The van der Waals surface area contributed by atoms with Crippen LogP contribution in [-0.4, -0.2) is 41.9 Å². The number of aromatic nitrogens is 1. The topological polar surface area (TPSA) is 87.0 Å². The summed E-state index contributed by atoms with van der Waals surface area (Å²) in [4.78, 5) is 15.9. The number of hydrogen-bond acceptors (Lipinski definition) is 5. The van der Waals surface area contributed by atoms with Crippen LogP contribution in [0.5, 0.6) is 5.75 Å². The molecule has 29 heavy (non-hydrogen) atoms. The number of nitrogens with one attached hydrogen (secondary N) is 2. The van der Waals surface area contributed by atoms with Gasteiger partial charge in [-0.25, -0.2) is 13.8 Å². The monoisotopic (exact) mass is 398 g/mol. The smallest absolute Gasteiger partial charge is 0.263 e. The second-order valence-corrected chi connectivity index (χ2v) is 7.34. The first-order valence-corrected chi connectivity index (χ1v) is 9.51. The number of anilines is 1. The SMILES string of the molecule is N#Cc1cc(-c2ccnc(NC(=O)C3(F)CC3)c2)ccc1O[C@H]1CCNC[C@H]1F. The van der Waals surface area contributed by atoms with Crippen molar-refractivity contribution < 1.29 is 18.3 Å². The maximum absolute atomic E-state index is 14.0. The van der Waals surface area contributed by atoms with Gasteiger partial charge in [0.2, 0.25) is 0 Å². The van der Waals surface area contributed by atoms with Gasteiger partial charge in [-0.2, -0.15) is 5.26 Å². The first-order chi connectivity index (χ1) is 14.0. The fraction of sp³-hybridized carbons (Fsp3) is 0.381. The maximum Gasteiger partial charge on any atom is 0.263 e. The standard InChI is InChI=1S/C21H20F2N4O2/c22-16-12-25-7-4-18(16)29-17-2-1-13(9-15(17)11-24)14-3-8-26-19(10-14)27-20(28)21(23)5-6-21/h1-3,8-10,16,18,25H,4-7,12H2,(H,26,27,28)/t16-,18+/m1/s1. The number of alkyl halides is 2. The van der Waals surface area contributed by atoms with Crippen LogP contribution in [0.15, 0.2) is 36.5 Å². The van der Waals surface area contributed by atoms with Crippen molar-refractivity contribution in [2.24, 2.45) is 0 Å². The van der Waals surface area contributed by atoms with Crippen LogP contribution in [0.3, 0.4) is 0 Å². The molecule has 1 saturated carbocycles. The number of carbonyl (C=O) groups excluding carboxylic acids is 1. The third-order valence-corrected chi connectivity index (χ3v) is 5.16. The predicted molar refractivity (Wildman–Crippen MR) is 103 cm³/mol. The molecule has 0 unspecified atom stereocenters. The minimum absolute atomic E-state index is 0.225. The lowest BCUT2D eigenvalue weighted by Gasteiger charge is -2.27. The van der Waals surface area contributed by atoms with E-state index in [-0.39, 0.29) is 30.8 Å². The van der Waals surface area contributed by atoms with Gasteiger partial charge in [-0.3, -0.25) is 4.79 Å². The number of halogens is 2. The average molecular weight is 398 g/mol. The van der Waals surface area contributed by atoms with Crippen LogP contribution in [0.25, 0.3) is 11.1 Å². The van der Waals surface area contributed by atoms with Gasteiger partial charge in [-0.1, -0.05) is 6.07 Å². The molecule has 2 atom stereocenters. The fourth-order valence-electron chi connectivity index (χ4n) is 3.24. The molecule has 4 rings (SSSR count). The molecular weight excluding hydrogens is 378 g/mol. The van der Waals surface area contributed by atoms with Gasteiger partial charge in [0.15, 0.2) is 5.67 Å². The Balaban J connectivity index is 1.53. The number of carbonyl (C=O) groups is 1. The highest BCUT2D eigenvalue weighted by atomic mass is 19.1. The minimum Gasteiger partial charge on any atom is -0.486 e. The van der Waals surface area contributed by atoms with Crippen molar-refractivity contribution in [3.05, 3.63) is 42.1 Å². The third-order valence-electron chi connectivity index (χ3n) is 5.16. The Hall–Kier alpha value is -3.05. The lowest BCUT2D eigenvalue weighted by molar-refractivity contribution is -0.122. The molecule has 1 aromatic carbocycles. The summed E-state index contributed by atoms with van der Waals surface area (Å²) >= 11 is 0. The number of piperidine rings is 1. The fourth-order valence-corrected chi connectivity index (χ4v) is 3.24. The van der Waals surface area contributed by atoms with E-state index >= 15 is 0 Å². The largest absolute Gasteiger partial charge is 0.486 e. The molecule has 1 aliphatic heterocycles. The molecule has 6 nitrogen and oxygen atoms in total. The molecule has 0 radical (unpaired) electrons. The van der Waals surface area contributed by atoms with Gasteiger partial charge in [-0.15, -0.1) is 0 Å². The van der Waals surface area contributed by atoms with E-state index in [2.05, 4.69) is 21.7 Å². The van der Waals surface area contributed by atoms with Gasteiger partial charge in [0.25, 0.3) is 5.91 Å². The highest BCUT2D eigenvalue weighted by Gasteiger charge is 2.51. The summed E-state index contributed by atoms with van der Waals surface area (Å²) in [7, 11) is 0. The first kappa shape index (κ1) is 19.3. The summed E-state index contributed by atoms with van der Waals surface area (Å²) in [6.07, 6.45) is 0.753. The molecule has 1 aromatic heterocycles. The van der Waals surface area contributed by atoms with Crippen LogP contribution < -0.4 is 15.4 Å². The Kier molecular flexibility index (Phi) is 5.16. The predicted octanol–water partition coefficient (Wildman–Crippen LogP) is 3.14. The number of nitriles is 1. The van der Waals surface area contributed by atoms with E-state index in [9.17, 15) is 18.8 Å². The van der Waals surface area contributed by atoms with E-state index < -0.39 is 23.9 Å². The molecule has 2 heterocycles. The molecule has 2 aliphatic rings. The molecule has 0 bridgehead atoms. The molecular formula is C21H20F2N4O2. The van der Waals surface area contributed by atoms with Crippen molar-refractivity contribution in [1.29, 1.82) is 5.26 Å². The number of rotatable bonds is 5. The van der Waals surface area contributed by atoms with Crippen LogP contribution in [0.2, 0.25) is 0 Å². The van der Waals surface area contributed by atoms with Gasteiger partial charge in [0.1, 0.15) is 29.9 Å². The van der Waals surface area contributed by atoms with Crippen molar-refractivity contribution in [3.63, 3.8) is 0 Å². The van der Waals surface area contributed by atoms with E-state index in [1.807, 2.05) is 0 Å². The Morgan fingerprint density at radius 3 is 2.83 bits per heavy atom. The number of benzene rings is 1. The van der Waals surface area contributed by atoms with Gasteiger partial charge in [-0.05, 0) is 61.2 Å². The molecule has 2 aromatic rings. The Morgan fingerprint density at radius 1 is 1.31 bits per heavy atom. The maximum atomic E-state index is 14.0. The van der Waals surface area contributed by atoms with E-state index in [0.717, 1.165) is 0 Å². The van der Waals surface area contributed by atoms with Crippen molar-refractivity contribution in [3.8, 4) is 22.9 Å². The summed E-state index contributed by atoms with van der Waals surface area (Å²) < 4.78 is 33.6. The number of amides is 1. The Labute approximate surface area is 166 Å². The van der Waals surface area contributed by atoms with E-state index in [4.69, 9.17) is 4.74 Å². The van der Waals surface area contributed by atoms with Crippen LogP contribution >= 0.6 is 0 Å². The third kappa shape index (κ3) is 4.20. The van der Waals surface area contributed by atoms with Crippen LogP contribution in [0, 0.1) is 11.3 Å². The van der Waals surface area contributed by atoms with Crippen molar-refractivity contribution in [1.82, 2.24) is 10.3 Å². The highest BCUT2D eigenvalue weighted by molar-refractivity contribution is 5.98. The summed E-state index contributed by atoms with van der Waals surface area (Å²) in [6, 6.07) is 10.5. The minimum atomic E-state index is -1.78. The van der Waals surface area contributed by atoms with Crippen LogP contribution in [0.1, 0.15) is 24.8 Å². The molecule has 1 saturated heterocycles. The van der Waals surface area contributed by atoms with Crippen LogP contribution in [-0.2, 0) is 4.79 Å². The van der Waals surface area contributed by atoms with E-state index in [1.165, 1.54) is 6.20 Å². The first-order valence-electron chi connectivity index (χ1n) is 9.51. The van der Waals surface area contributed by atoms with Crippen molar-refractivity contribution in [2.45, 2.75) is 37.2 Å². The number of pyridine rings is 1. The van der Waals surface area contributed by atoms with E-state index in [0.29, 0.717) is 29.8 Å². The average Bonchev–Trinajstić information content (AvgIpc) is 3.49. The molecule has 1 amide bonds. The van der Waals surface area contributed by atoms with Gasteiger partial charge in [0.05, 0.1) is 5.56 Å². The molecule has 8 heteroatoms. The number of ether oxygens (including phenoxy) is 1. The zero-order chi connectivity index (χ0) is 20.4. The highest BCUT2D eigenvalue weighted by Crippen LogP contribution is 2.40. The molecule has 2 N–H and O–H groups in total. The molecule has 150 valence electrons. The second-order valence-electron chi connectivity index (χ2n) is 7.34. The summed E-state index contributed by atoms with van der Waals surface area (Å²) in [5.41, 5.74) is -0.0907. The second kappa shape index (κ2) is 7.76. The Bertz CT molecular complexity index is 971. The summed E-state index contributed by atoms with van der Waals surface area (Å²) in [5, 5.41) is 15.0. The zero-order valence-corrected chi connectivity index (χ0v) is 15.6. The normalized spacial score (nSPS) is 22.4. The van der Waals surface area contributed by atoms with Gasteiger partial charge in [0, 0.05) is 12.7 Å². The van der Waals surface area contributed by atoms with Gasteiger partial charge < -0.3 is 15.4 Å². The summed E-state index contributed by atoms with van der Waals surface area (Å²) in [5.74, 6) is -0.113. The quantitative estimate of drug-likeness (QED) is 0.808. The van der Waals surface area contributed by atoms with Crippen molar-refractivity contribution in [2.75, 3.05) is 18.4 Å². The summed E-state index contributed by atoms with van der Waals surface area (Å²) in [6.45, 7) is 0.896. The van der Waals surface area contributed by atoms with Crippen molar-refractivity contribution >= 4 is 11.7 Å². The van der Waals surface area contributed by atoms with Gasteiger partial charge >= 0.3 is 0 Å².